The Morgan fingerprint density at radius 2 is 2.20 bits per heavy atom. The van der Waals surface area contributed by atoms with Crippen LogP contribution in [0.4, 0.5) is 0 Å². The topological polar surface area (TPSA) is 32.3 Å². The molecule has 0 aromatic rings. The Hall–Kier alpha value is -0.830. The maximum absolute atomic E-state index is 11.7. The molecule has 1 aliphatic rings. The Morgan fingerprint density at radius 3 is 2.73 bits per heavy atom. The average Bonchev–Trinajstić information content (AvgIpc) is 2.26. The lowest BCUT2D eigenvalue weighted by Crippen LogP contribution is -2.48. The van der Waals surface area contributed by atoms with E-state index in [1.165, 1.54) is 12.8 Å². The normalized spacial score (nSPS) is 20.9. The van der Waals surface area contributed by atoms with Gasteiger partial charge in [0.25, 0.3) is 0 Å². The number of hydrogen-bond donors (Lipinski definition) is 1. The van der Waals surface area contributed by atoms with Crippen molar-refractivity contribution in [2.75, 3.05) is 19.6 Å². The number of hydrogen-bond acceptors (Lipinski definition) is 2. The molecule has 0 unspecified atom stereocenters. The Morgan fingerprint density at radius 1 is 1.60 bits per heavy atom. The fourth-order valence-corrected chi connectivity index (χ4v) is 1.90. The van der Waals surface area contributed by atoms with Crippen molar-refractivity contribution in [2.24, 2.45) is 5.92 Å². The summed E-state index contributed by atoms with van der Waals surface area (Å²) in [6.45, 7) is 10.5. The van der Waals surface area contributed by atoms with Crippen LogP contribution in [0.25, 0.3) is 0 Å². The summed E-state index contributed by atoms with van der Waals surface area (Å²) >= 11 is 0. The summed E-state index contributed by atoms with van der Waals surface area (Å²) in [7, 11) is 0. The van der Waals surface area contributed by atoms with Gasteiger partial charge in [-0.25, -0.2) is 0 Å². The first-order valence-electron chi connectivity index (χ1n) is 5.77. The number of amides is 1. The predicted octanol–water partition coefficient (Wildman–Crippen LogP) is 1.41. The lowest BCUT2D eigenvalue weighted by molar-refractivity contribution is -0.126. The second-order valence-electron chi connectivity index (χ2n) is 4.43. The van der Waals surface area contributed by atoms with E-state index in [-0.39, 0.29) is 11.9 Å². The summed E-state index contributed by atoms with van der Waals surface area (Å²) in [4.78, 5) is 13.9. The molecular formula is C12H22N2O. The van der Waals surface area contributed by atoms with Crippen LogP contribution in [0.3, 0.4) is 0 Å². The largest absolute Gasteiger partial charge is 0.351 e. The lowest BCUT2D eigenvalue weighted by Gasteiger charge is -2.34. The van der Waals surface area contributed by atoms with E-state index in [4.69, 9.17) is 0 Å². The molecule has 1 atom stereocenters. The molecule has 0 spiro atoms. The van der Waals surface area contributed by atoms with E-state index in [2.05, 4.69) is 23.7 Å². The predicted molar refractivity (Wildman–Crippen MR) is 62.6 cm³/mol. The molecule has 0 radical (unpaired) electrons. The van der Waals surface area contributed by atoms with Crippen LogP contribution in [0, 0.1) is 5.92 Å². The van der Waals surface area contributed by atoms with Gasteiger partial charge in [0.15, 0.2) is 0 Å². The number of rotatable bonds is 4. The maximum Gasteiger partial charge on any atom is 0.237 e. The maximum atomic E-state index is 11.7. The number of likely N-dealkylation sites (tertiary alicyclic amines) is 1. The van der Waals surface area contributed by atoms with Gasteiger partial charge < -0.3 is 5.32 Å². The minimum absolute atomic E-state index is 0.00236. The molecule has 0 aromatic carbocycles. The second kappa shape index (κ2) is 5.91. The van der Waals surface area contributed by atoms with Crippen molar-refractivity contribution in [3.8, 4) is 0 Å². The zero-order valence-electron chi connectivity index (χ0n) is 9.83. The van der Waals surface area contributed by atoms with E-state index in [1.807, 2.05) is 6.92 Å². The monoisotopic (exact) mass is 210 g/mol. The molecule has 1 aliphatic heterocycles. The third kappa shape index (κ3) is 3.67. The van der Waals surface area contributed by atoms with Gasteiger partial charge in [0.2, 0.25) is 5.91 Å². The molecular weight excluding hydrogens is 188 g/mol. The van der Waals surface area contributed by atoms with E-state index in [9.17, 15) is 4.79 Å². The first-order chi connectivity index (χ1) is 7.15. The second-order valence-corrected chi connectivity index (χ2v) is 4.43. The molecule has 3 heteroatoms. The summed E-state index contributed by atoms with van der Waals surface area (Å²) in [5, 5.41) is 2.84. The molecule has 0 bridgehead atoms. The summed E-state index contributed by atoms with van der Waals surface area (Å²) in [5.41, 5.74) is 0. The number of carbonyl (C=O) groups is 1. The van der Waals surface area contributed by atoms with Crippen molar-refractivity contribution in [1.29, 1.82) is 0 Å². The fraction of sp³-hybridized carbons (Fsp3) is 0.750. The summed E-state index contributed by atoms with van der Waals surface area (Å²) < 4.78 is 0. The molecule has 3 nitrogen and oxygen atoms in total. The zero-order valence-corrected chi connectivity index (χ0v) is 9.83. The van der Waals surface area contributed by atoms with Gasteiger partial charge in [-0.15, -0.1) is 6.58 Å². The van der Waals surface area contributed by atoms with Crippen LogP contribution in [0.2, 0.25) is 0 Å². The van der Waals surface area contributed by atoms with Gasteiger partial charge in [0.1, 0.15) is 0 Å². The molecule has 1 saturated heterocycles. The quantitative estimate of drug-likeness (QED) is 0.712. The molecule has 0 aliphatic carbocycles. The fourth-order valence-electron chi connectivity index (χ4n) is 1.90. The van der Waals surface area contributed by atoms with Crippen LogP contribution in [0.1, 0.15) is 26.7 Å². The van der Waals surface area contributed by atoms with Gasteiger partial charge in [0.05, 0.1) is 6.04 Å². The third-order valence-corrected chi connectivity index (χ3v) is 3.17. The van der Waals surface area contributed by atoms with Gasteiger partial charge in [-0.1, -0.05) is 13.0 Å². The molecule has 0 saturated carbocycles. The molecule has 1 heterocycles. The van der Waals surface area contributed by atoms with E-state index in [1.54, 1.807) is 6.08 Å². The van der Waals surface area contributed by atoms with Crippen LogP contribution in [-0.2, 0) is 4.79 Å². The van der Waals surface area contributed by atoms with Crippen LogP contribution in [0.15, 0.2) is 12.7 Å². The molecule has 86 valence electrons. The number of carbonyl (C=O) groups excluding carboxylic acids is 1. The van der Waals surface area contributed by atoms with Gasteiger partial charge in [-0.3, -0.25) is 9.69 Å². The smallest absolute Gasteiger partial charge is 0.237 e. The highest BCUT2D eigenvalue weighted by molar-refractivity contribution is 5.81. The highest BCUT2D eigenvalue weighted by Crippen LogP contribution is 2.17. The lowest BCUT2D eigenvalue weighted by atomic mass is 9.98. The molecule has 1 amide bonds. The van der Waals surface area contributed by atoms with Crippen molar-refractivity contribution in [3.05, 3.63) is 12.7 Å². The van der Waals surface area contributed by atoms with Gasteiger partial charge >= 0.3 is 0 Å². The summed E-state index contributed by atoms with van der Waals surface area (Å²) in [5.74, 6) is 0.925. The Kier molecular flexibility index (Phi) is 4.82. The molecule has 1 fully saturated rings. The number of nitrogens with zero attached hydrogens (tertiary/aromatic N) is 1. The molecule has 15 heavy (non-hydrogen) atoms. The van der Waals surface area contributed by atoms with Crippen LogP contribution < -0.4 is 5.32 Å². The van der Waals surface area contributed by atoms with Gasteiger partial charge in [-0.05, 0) is 38.8 Å². The molecule has 0 aromatic heterocycles. The SMILES string of the molecule is C=CCNC(=O)[C@@H](C)N1CCC(C)CC1. The average molecular weight is 210 g/mol. The highest BCUT2D eigenvalue weighted by Gasteiger charge is 2.24. The van der Waals surface area contributed by atoms with Crippen LogP contribution >= 0.6 is 0 Å². The minimum Gasteiger partial charge on any atom is -0.351 e. The van der Waals surface area contributed by atoms with Crippen molar-refractivity contribution in [2.45, 2.75) is 32.7 Å². The molecule has 1 N–H and O–H groups in total. The van der Waals surface area contributed by atoms with Crippen LogP contribution in [0.5, 0.6) is 0 Å². The zero-order chi connectivity index (χ0) is 11.3. The summed E-state index contributed by atoms with van der Waals surface area (Å²) in [6, 6.07) is -0.00236. The van der Waals surface area contributed by atoms with Gasteiger partial charge in [0, 0.05) is 6.54 Å². The minimum atomic E-state index is -0.00236. The highest BCUT2D eigenvalue weighted by atomic mass is 16.2. The Bertz CT molecular complexity index is 220. The third-order valence-electron chi connectivity index (χ3n) is 3.17. The first-order valence-corrected chi connectivity index (χ1v) is 5.77. The van der Waals surface area contributed by atoms with E-state index < -0.39 is 0 Å². The van der Waals surface area contributed by atoms with Crippen molar-refractivity contribution in [1.82, 2.24) is 10.2 Å². The Labute approximate surface area is 92.5 Å². The standard InChI is InChI=1S/C12H22N2O/c1-4-7-13-12(15)11(3)14-8-5-10(2)6-9-14/h4,10-11H,1,5-9H2,2-3H3,(H,13,15)/t11-/m1/s1. The van der Waals surface area contributed by atoms with Crippen molar-refractivity contribution in [3.63, 3.8) is 0 Å². The van der Waals surface area contributed by atoms with E-state index in [0.717, 1.165) is 19.0 Å². The number of piperidine rings is 1. The summed E-state index contributed by atoms with van der Waals surface area (Å²) in [6.07, 6.45) is 4.13. The van der Waals surface area contributed by atoms with E-state index >= 15 is 0 Å². The van der Waals surface area contributed by atoms with E-state index in [0.29, 0.717) is 6.54 Å². The van der Waals surface area contributed by atoms with Crippen molar-refractivity contribution < 1.29 is 4.79 Å². The van der Waals surface area contributed by atoms with Crippen molar-refractivity contribution >= 4 is 5.91 Å². The molecule has 1 rings (SSSR count). The van der Waals surface area contributed by atoms with Crippen LogP contribution in [-0.4, -0.2) is 36.5 Å². The Balaban J connectivity index is 2.35. The first kappa shape index (κ1) is 12.2. The number of nitrogens with one attached hydrogen (secondary N) is 1. The van der Waals surface area contributed by atoms with Gasteiger partial charge in [-0.2, -0.15) is 0 Å².